The molecular weight excluding hydrogens is 341 g/mol. The summed E-state index contributed by atoms with van der Waals surface area (Å²) in [5, 5.41) is 0. The molecule has 1 aromatic carbocycles. The van der Waals surface area contributed by atoms with Crippen LogP contribution in [0.25, 0.3) is 0 Å². The lowest BCUT2D eigenvalue weighted by Crippen LogP contribution is -2.45. The number of carbonyl (C=O) groups is 1. The topological polar surface area (TPSA) is 38.8 Å². The van der Waals surface area contributed by atoms with Gasteiger partial charge in [0.05, 0.1) is 19.3 Å². The van der Waals surface area contributed by atoms with E-state index in [0.717, 1.165) is 0 Å². The molecule has 0 aliphatic carbocycles. The van der Waals surface area contributed by atoms with E-state index in [1.807, 2.05) is 0 Å². The van der Waals surface area contributed by atoms with Crippen LogP contribution in [-0.2, 0) is 9.47 Å². The van der Waals surface area contributed by atoms with Gasteiger partial charge in [-0.15, -0.1) is 0 Å². The van der Waals surface area contributed by atoms with Gasteiger partial charge in [-0.05, 0) is 32.9 Å². The van der Waals surface area contributed by atoms with E-state index < -0.39 is 17.7 Å². The number of hydrogen-bond acceptors (Lipinski definition) is 3. The third-order valence-electron chi connectivity index (χ3n) is 3.08. The number of carbonyl (C=O) groups excluding carboxylic acids is 1. The number of halogens is 2. The van der Waals surface area contributed by atoms with Crippen LogP contribution in [0.3, 0.4) is 0 Å². The minimum atomic E-state index is -0.585. The molecule has 1 fully saturated rings. The van der Waals surface area contributed by atoms with Crippen LogP contribution in [0.5, 0.6) is 0 Å². The molecule has 1 aliphatic rings. The van der Waals surface area contributed by atoms with Crippen LogP contribution in [-0.4, -0.2) is 36.4 Å². The Hall–Kier alpha value is -1.14. The number of morpholine rings is 1. The Bertz CT molecular complexity index is 530. The van der Waals surface area contributed by atoms with Crippen molar-refractivity contribution in [2.45, 2.75) is 32.4 Å². The fourth-order valence-corrected chi connectivity index (χ4v) is 2.51. The number of nitrogens with zero attached hydrogens (tertiary/aromatic N) is 1. The molecule has 0 radical (unpaired) electrons. The molecule has 1 aliphatic heterocycles. The molecule has 1 atom stereocenters. The monoisotopic (exact) mass is 359 g/mol. The first-order valence-electron chi connectivity index (χ1n) is 6.80. The van der Waals surface area contributed by atoms with Gasteiger partial charge in [-0.25, -0.2) is 9.18 Å². The van der Waals surface area contributed by atoms with Crippen LogP contribution in [0, 0.1) is 5.82 Å². The smallest absolute Gasteiger partial charge is 0.410 e. The second-order valence-electron chi connectivity index (χ2n) is 5.93. The third kappa shape index (κ3) is 4.17. The maximum Gasteiger partial charge on any atom is 0.410 e. The van der Waals surface area contributed by atoms with Crippen LogP contribution in [0.2, 0.25) is 0 Å². The maximum absolute atomic E-state index is 14.1. The van der Waals surface area contributed by atoms with Gasteiger partial charge in [-0.1, -0.05) is 22.0 Å². The fraction of sp³-hybridized carbons (Fsp3) is 0.533. The molecule has 21 heavy (non-hydrogen) atoms. The lowest BCUT2D eigenvalue weighted by molar-refractivity contribution is -0.0338. The zero-order valence-electron chi connectivity index (χ0n) is 12.4. The Morgan fingerprint density at radius 1 is 1.48 bits per heavy atom. The van der Waals surface area contributed by atoms with E-state index in [-0.39, 0.29) is 12.4 Å². The zero-order chi connectivity index (χ0) is 15.6. The maximum atomic E-state index is 14.1. The van der Waals surface area contributed by atoms with E-state index in [4.69, 9.17) is 9.47 Å². The molecule has 1 unspecified atom stereocenters. The van der Waals surface area contributed by atoms with Crippen molar-refractivity contribution in [1.29, 1.82) is 0 Å². The van der Waals surface area contributed by atoms with Crippen molar-refractivity contribution in [3.05, 3.63) is 34.1 Å². The molecule has 0 spiro atoms. The van der Waals surface area contributed by atoms with Crippen molar-refractivity contribution in [2.24, 2.45) is 0 Å². The molecule has 4 nitrogen and oxygen atoms in total. The Morgan fingerprint density at radius 3 is 2.81 bits per heavy atom. The first-order chi connectivity index (χ1) is 9.78. The summed E-state index contributed by atoms with van der Waals surface area (Å²) in [5.41, 5.74) is -0.151. The third-order valence-corrected chi connectivity index (χ3v) is 3.57. The molecule has 0 N–H and O–H groups in total. The molecule has 1 aromatic rings. The van der Waals surface area contributed by atoms with E-state index in [0.29, 0.717) is 23.2 Å². The fourth-order valence-electron chi connectivity index (χ4n) is 2.17. The highest BCUT2D eigenvalue weighted by molar-refractivity contribution is 9.10. The minimum Gasteiger partial charge on any atom is -0.444 e. The second kappa shape index (κ2) is 6.32. The van der Waals surface area contributed by atoms with Gasteiger partial charge in [-0.2, -0.15) is 0 Å². The van der Waals surface area contributed by atoms with E-state index in [9.17, 15) is 9.18 Å². The quantitative estimate of drug-likeness (QED) is 0.763. The molecule has 0 bridgehead atoms. The van der Waals surface area contributed by atoms with E-state index in [1.165, 1.54) is 11.0 Å². The number of rotatable bonds is 1. The lowest BCUT2D eigenvalue weighted by Gasteiger charge is -2.36. The molecular formula is C15H19BrFNO3. The SMILES string of the molecule is CC(C)(C)OC(=O)N1CCOCC1c1ccc(Br)cc1F. The highest BCUT2D eigenvalue weighted by atomic mass is 79.9. The predicted octanol–water partition coefficient (Wildman–Crippen LogP) is 3.90. The lowest BCUT2D eigenvalue weighted by atomic mass is 10.0. The Labute approximate surface area is 132 Å². The molecule has 6 heteroatoms. The highest BCUT2D eigenvalue weighted by Crippen LogP contribution is 2.29. The largest absolute Gasteiger partial charge is 0.444 e. The first-order valence-corrected chi connectivity index (χ1v) is 7.59. The van der Waals surface area contributed by atoms with Gasteiger partial charge in [0.1, 0.15) is 11.4 Å². The van der Waals surface area contributed by atoms with Gasteiger partial charge in [0.15, 0.2) is 0 Å². The Morgan fingerprint density at radius 2 is 2.19 bits per heavy atom. The van der Waals surface area contributed by atoms with Crippen LogP contribution in [0.1, 0.15) is 32.4 Å². The molecule has 2 rings (SSSR count). The van der Waals surface area contributed by atoms with Gasteiger partial charge in [-0.3, -0.25) is 4.90 Å². The van der Waals surface area contributed by atoms with Crippen molar-refractivity contribution < 1.29 is 18.7 Å². The van der Waals surface area contributed by atoms with Crippen molar-refractivity contribution in [1.82, 2.24) is 4.90 Å². The van der Waals surface area contributed by atoms with Gasteiger partial charge in [0, 0.05) is 16.6 Å². The Balaban J connectivity index is 2.24. The van der Waals surface area contributed by atoms with Crippen molar-refractivity contribution >= 4 is 22.0 Å². The summed E-state index contributed by atoms with van der Waals surface area (Å²) in [6.07, 6.45) is -0.446. The minimum absolute atomic E-state index is 0.262. The second-order valence-corrected chi connectivity index (χ2v) is 6.85. The number of hydrogen-bond donors (Lipinski definition) is 0. The normalized spacial score (nSPS) is 19.5. The zero-order valence-corrected chi connectivity index (χ0v) is 13.9. The van der Waals surface area contributed by atoms with E-state index in [2.05, 4.69) is 15.9 Å². The average molecular weight is 360 g/mol. The van der Waals surface area contributed by atoms with Crippen LogP contribution < -0.4 is 0 Å². The highest BCUT2D eigenvalue weighted by Gasteiger charge is 2.33. The molecule has 0 saturated carbocycles. The Kier molecular flexibility index (Phi) is 4.88. The summed E-state index contributed by atoms with van der Waals surface area (Å²) in [6.45, 7) is 6.49. The molecule has 1 heterocycles. The van der Waals surface area contributed by atoms with E-state index in [1.54, 1.807) is 32.9 Å². The van der Waals surface area contributed by atoms with E-state index >= 15 is 0 Å². The van der Waals surface area contributed by atoms with Crippen LogP contribution in [0.15, 0.2) is 22.7 Å². The average Bonchev–Trinajstić information content (AvgIpc) is 2.37. The molecule has 116 valence electrons. The summed E-state index contributed by atoms with van der Waals surface area (Å²) in [6, 6.07) is 4.33. The molecule has 1 amide bonds. The molecule has 0 aromatic heterocycles. The van der Waals surface area contributed by atoms with Crippen LogP contribution >= 0.6 is 15.9 Å². The van der Waals surface area contributed by atoms with Crippen LogP contribution in [0.4, 0.5) is 9.18 Å². The van der Waals surface area contributed by atoms with Gasteiger partial charge < -0.3 is 9.47 Å². The van der Waals surface area contributed by atoms with Gasteiger partial charge >= 0.3 is 6.09 Å². The van der Waals surface area contributed by atoms with Gasteiger partial charge in [0.25, 0.3) is 0 Å². The molecule has 1 saturated heterocycles. The summed E-state index contributed by atoms with van der Waals surface area (Å²) in [7, 11) is 0. The summed E-state index contributed by atoms with van der Waals surface area (Å²) in [4.78, 5) is 13.8. The number of benzene rings is 1. The van der Waals surface area contributed by atoms with Gasteiger partial charge in [0.2, 0.25) is 0 Å². The van der Waals surface area contributed by atoms with Crippen molar-refractivity contribution in [2.75, 3.05) is 19.8 Å². The summed E-state index contributed by atoms with van der Waals surface area (Å²) < 4.78 is 25.6. The first kappa shape index (κ1) is 16.2. The van der Waals surface area contributed by atoms with Crippen molar-refractivity contribution in [3.63, 3.8) is 0 Å². The van der Waals surface area contributed by atoms with Crippen molar-refractivity contribution in [3.8, 4) is 0 Å². The summed E-state index contributed by atoms with van der Waals surface area (Å²) in [5.74, 6) is -0.367. The summed E-state index contributed by atoms with van der Waals surface area (Å²) >= 11 is 3.23. The number of amides is 1. The standard InChI is InChI=1S/C15H19BrFNO3/c1-15(2,3)21-14(19)18-6-7-20-9-13(18)11-5-4-10(16)8-12(11)17/h4-5,8,13H,6-7,9H2,1-3H3. The number of ether oxygens (including phenoxy) is 2. The predicted molar refractivity (Wildman–Crippen MR) is 80.6 cm³/mol.